The van der Waals surface area contributed by atoms with Crippen LogP contribution in [0.4, 0.5) is 14.5 Å². The Morgan fingerprint density at radius 3 is 2.55 bits per heavy atom. The second-order valence-electron chi connectivity index (χ2n) is 7.02. The van der Waals surface area contributed by atoms with E-state index in [2.05, 4.69) is 10.6 Å². The molecule has 2 N–H and O–H groups in total. The van der Waals surface area contributed by atoms with Crippen LogP contribution in [0.25, 0.3) is 0 Å². The van der Waals surface area contributed by atoms with Crippen molar-refractivity contribution in [3.05, 3.63) is 65.2 Å². The lowest BCUT2D eigenvalue weighted by Gasteiger charge is -2.27. The Morgan fingerprint density at radius 1 is 1.03 bits per heavy atom. The molecule has 0 bridgehead atoms. The van der Waals surface area contributed by atoms with E-state index in [0.29, 0.717) is 50.0 Å². The highest BCUT2D eigenvalue weighted by Gasteiger charge is 2.19. The number of anilines is 1. The minimum absolute atomic E-state index is 0.116. The summed E-state index contributed by atoms with van der Waals surface area (Å²) in [6.07, 6.45) is 0.445. The van der Waals surface area contributed by atoms with Gasteiger partial charge in [-0.2, -0.15) is 0 Å². The summed E-state index contributed by atoms with van der Waals surface area (Å²) in [5.74, 6) is -2.77. The van der Waals surface area contributed by atoms with Crippen molar-refractivity contribution in [3.8, 4) is 0 Å². The highest BCUT2D eigenvalue weighted by molar-refractivity contribution is 5.97. The van der Waals surface area contributed by atoms with Gasteiger partial charge < -0.3 is 20.3 Å². The third kappa shape index (κ3) is 6.32. The lowest BCUT2D eigenvalue weighted by Crippen LogP contribution is -2.40. The molecule has 0 atom stereocenters. The number of morpholine rings is 1. The second kappa shape index (κ2) is 10.6. The van der Waals surface area contributed by atoms with Crippen molar-refractivity contribution in [2.75, 3.05) is 38.2 Å². The minimum atomic E-state index is -0.943. The Morgan fingerprint density at radius 2 is 1.81 bits per heavy atom. The molecule has 31 heavy (non-hydrogen) atoms. The predicted octanol–water partition coefficient (Wildman–Crippen LogP) is 2.59. The van der Waals surface area contributed by atoms with Gasteiger partial charge in [0.05, 0.1) is 18.8 Å². The molecule has 3 amide bonds. The number of carbonyl (C=O) groups is 3. The van der Waals surface area contributed by atoms with Gasteiger partial charge in [-0.1, -0.05) is 6.07 Å². The molecule has 1 aliphatic heterocycles. The summed E-state index contributed by atoms with van der Waals surface area (Å²) in [6, 6.07) is 9.40. The van der Waals surface area contributed by atoms with E-state index < -0.39 is 17.5 Å². The summed E-state index contributed by atoms with van der Waals surface area (Å²) in [4.78, 5) is 38.3. The molecule has 9 heteroatoms. The third-order valence-electron chi connectivity index (χ3n) is 4.73. The van der Waals surface area contributed by atoms with Crippen molar-refractivity contribution >= 4 is 23.4 Å². The van der Waals surface area contributed by atoms with E-state index in [4.69, 9.17) is 4.74 Å². The van der Waals surface area contributed by atoms with Crippen LogP contribution in [0.5, 0.6) is 0 Å². The summed E-state index contributed by atoms with van der Waals surface area (Å²) in [7, 11) is 0. The summed E-state index contributed by atoms with van der Waals surface area (Å²) >= 11 is 0. The molecule has 0 spiro atoms. The average Bonchev–Trinajstić information content (AvgIpc) is 2.77. The minimum Gasteiger partial charge on any atom is -0.378 e. The Kier molecular flexibility index (Phi) is 7.66. The maximum Gasteiger partial charge on any atom is 0.254 e. The first-order valence-electron chi connectivity index (χ1n) is 9.94. The lowest BCUT2D eigenvalue weighted by atomic mass is 10.1. The van der Waals surface area contributed by atoms with E-state index in [9.17, 15) is 23.2 Å². The molecule has 1 aliphatic rings. The second-order valence-corrected chi connectivity index (χ2v) is 7.02. The Balaban J connectivity index is 1.44. The van der Waals surface area contributed by atoms with E-state index in [1.165, 1.54) is 0 Å². The van der Waals surface area contributed by atoms with Gasteiger partial charge in [0, 0.05) is 43.4 Å². The van der Waals surface area contributed by atoms with Crippen molar-refractivity contribution in [1.82, 2.24) is 10.2 Å². The van der Waals surface area contributed by atoms with Gasteiger partial charge in [-0.05, 0) is 36.8 Å². The van der Waals surface area contributed by atoms with Crippen molar-refractivity contribution in [1.29, 1.82) is 0 Å². The molecule has 0 saturated carbocycles. The first-order chi connectivity index (χ1) is 14.9. The number of hydrogen-bond donors (Lipinski definition) is 2. The Bertz CT molecular complexity index is 962. The molecule has 0 aromatic heterocycles. The molecule has 164 valence electrons. The van der Waals surface area contributed by atoms with Crippen LogP contribution < -0.4 is 10.6 Å². The number of rotatable bonds is 7. The highest BCUT2D eigenvalue weighted by Crippen LogP contribution is 2.14. The van der Waals surface area contributed by atoms with Gasteiger partial charge in [0.1, 0.15) is 11.6 Å². The number of nitrogens with one attached hydrogen (secondary N) is 2. The predicted molar refractivity (Wildman–Crippen MR) is 110 cm³/mol. The molecular formula is C22H23F2N3O4. The molecule has 0 radical (unpaired) electrons. The maximum atomic E-state index is 13.6. The molecule has 2 aromatic rings. The van der Waals surface area contributed by atoms with Crippen LogP contribution in [-0.2, 0) is 9.53 Å². The van der Waals surface area contributed by atoms with Crippen LogP contribution in [0.3, 0.4) is 0 Å². The maximum absolute atomic E-state index is 13.6. The summed E-state index contributed by atoms with van der Waals surface area (Å²) in [5.41, 5.74) is 0.724. The van der Waals surface area contributed by atoms with Crippen molar-refractivity contribution in [2.45, 2.75) is 12.8 Å². The molecule has 0 aliphatic carbocycles. The SMILES string of the molecule is O=C(CCCNC(=O)c1ccc(F)cc1F)Nc1cccc(C(=O)N2CCOCC2)c1. The number of hydrogen-bond acceptors (Lipinski definition) is 4. The number of ether oxygens (including phenoxy) is 1. The van der Waals surface area contributed by atoms with Gasteiger partial charge in [0.25, 0.3) is 11.8 Å². The van der Waals surface area contributed by atoms with E-state index in [-0.39, 0.29) is 30.3 Å². The van der Waals surface area contributed by atoms with Crippen LogP contribution in [-0.4, -0.2) is 55.5 Å². The fourth-order valence-corrected chi connectivity index (χ4v) is 3.12. The van der Waals surface area contributed by atoms with E-state index >= 15 is 0 Å². The molecule has 2 aromatic carbocycles. The number of halogens is 2. The molecule has 1 heterocycles. The largest absolute Gasteiger partial charge is 0.378 e. The fourth-order valence-electron chi connectivity index (χ4n) is 3.12. The lowest BCUT2D eigenvalue weighted by molar-refractivity contribution is -0.116. The Labute approximate surface area is 178 Å². The van der Waals surface area contributed by atoms with E-state index in [1.54, 1.807) is 29.2 Å². The molecule has 1 fully saturated rings. The molecular weight excluding hydrogens is 408 g/mol. The quantitative estimate of drug-likeness (QED) is 0.660. The zero-order valence-corrected chi connectivity index (χ0v) is 16.8. The van der Waals surface area contributed by atoms with Gasteiger partial charge in [0.15, 0.2) is 0 Å². The highest BCUT2D eigenvalue weighted by atomic mass is 19.1. The third-order valence-corrected chi connectivity index (χ3v) is 4.73. The van der Waals surface area contributed by atoms with Crippen LogP contribution in [0.1, 0.15) is 33.6 Å². The van der Waals surface area contributed by atoms with Crippen molar-refractivity contribution in [2.24, 2.45) is 0 Å². The smallest absolute Gasteiger partial charge is 0.254 e. The molecule has 0 unspecified atom stereocenters. The normalized spacial score (nSPS) is 13.5. The zero-order chi connectivity index (χ0) is 22.2. The fraction of sp³-hybridized carbons (Fsp3) is 0.318. The van der Waals surface area contributed by atoms with Crippen LogP contribution >= 0.6 is 0 Å². The van der Waals surface area contributed by atoms with Crippen LogP contribution in [0, 0.1) is 11.6 Å². The van der Waals surface area contributed by atoms with E-state index in [0.717, 1.165) is 12.1 Å². The van der Waals surface area contributed by atoms with Gasteiger partial charge in [0.2, 0.25) is 5.91 Å². The van der Waals surface area contributed by atoms with Gasteiger partial charge in [-0.15, -0.1) is 0 Å². The summed E-state index contributed by atoms with van der Waals surface area (Å²) < 4.78 is 31.7. The monoisotopic (exact) mass is 431 g/mol. The number of nitrogens with zero attached hydrogens (tertiary/aromatic N) is 1. The van der Waals surface area contributed by atoms with Crippen LogP contribution in [0.2, 0.25) is 0 Å². The molecule has 3 rings (SSSR count). The number of carbonyl (C=O) groups excluding carboxylic acids is 3. The first kappa shape index (κ1) is 22.4. The van der Waals surface area contributed by atoms with Crippen molar-refractivity contribution < 1.29 is 27.9 Å². The van der Waals surface area contributed by atoms with Gasteiger partial charge in [-0.3, -0.25) is 14.4 Å². The summed E-state index contributed by atoms with van der Waals surface area (Å²) in [5, 5.41) is 5.22. The van der Waals surface area contributed by atoms with Crippen molar-refractivity contribution in [3.63, 3.8) is 0 Å². The number of benzene rings is 2. The number of amides is 3. The average molecular weight is 431 g/mol. The van der Waals surface area contributed by atoms with Crippen LogP contribution in [0.15, 0.2) is 42.5 Å². The Hall–Kier alpha value is -3.33. The summed E-state index contributed by atoms with van der Waals surface area (Å²) in [6.45, 7) is 2.23. The molecule has 1 saturated heterocycles. The van der Waals surface area contributed by atoms with Gasteiger partial charge in [-0.25, -0.2) is 8.78 Å². The zero-order valence-electron chi connectivity index (χ0n) is 16.8. The van der Waals surface area contributed by atoms with Gasteiger partial charge >= 0.3 is 0 Å². The topological polar surface area (TPSA) is 87.7 Å². The first-order valence-corrected chi connectivity index (χ1v) is 9.94. The van der Waals surface area contributed by atoms with E-state index in [1.807, 2.05) is 0 Å². The molecule has 7 nitrogen and oxygen atoms in total. The standard InChI is InChI=1S/C22H23F2N3O4/c23-16-6-7-18(19(24)14-16)21(29)25-8-2-5-20(28)26-17-4-1-3-15(13-17)22(30)27-9-11-31-12-10-27/h1,3-4,6-7,13-14H,2,5,8-12H2,(H,25,29)(H,26,28).